The summed E-state index contributed by atoms with van der Waals surface area (Å²) in [6.07, 6.45) is 1.18. The number of amides is 1. The second kappa shape index (κ2) is 5.82. The molecule has 0 radical (unpaired) electrons. The lowest BCUT2D eigenvalue weighted by Crippen LogP contribution is -2.32. The van der Waals surface area contributed by atoms with Gasteiger partial charge in [0.1, 0.15) is 17.7 Å². The van der Waals surface area contributed by atoms with Gasteiger partial charge in [-0.25, -0.2) is 4.39 Å². The first-order chi connectivity index (χ1) is 8.69. The lowest BCUT2D eigenvalue weighted by Gasteiger charge is -2.11. The van der Waals surface area contributed by atoms with Crippen molar-refractivity contribution in [3.8, 4) is 5.75 Å². The zero-order chi connectivity index (χ0) is 13.0. The minimum absolute atomic E-state index is 0.0141. The molecule has 18 heavy (non-hydrogen) atoms. The van der Waals surface area contributed by atoms with Crippen molar-refractivity contribution in [1.29, 1.82) is 0 Å². The third-order valence-corrected chi connectivity index (χ3v) is 2.94. The molecule has 1 aliphatic heterocycles. The van der Waals surface area contributed by atoms with Crippen molar-refractivity contribution >= 4 is 5.91 Å². The van der Waals surface area contributed by atoms with E-state index in [-0.39, 0.29) is 17.8 Å². The van der Waals surface area contributed by atoms with Gasteiger partial charge in [-0.3, -0.25) is 4.79 Å². The van der Waals surface area contributed by atoms with E-state index in [9.17, 15) is 9.18 Å². The molecule has 5 heteroatoms. The van der Waals surface area contributed by atoms with Gasteiger partial charge in [-0.1, -0.05) is 0 Å². The summed E-state index contributed by atoms with van der Waals surface area (Å²) in [5, 5.41) is 5.72. The fraction of sp³-hybridized carbons (Fsp3) is 0.462. The molecule has 0 aliphatic carbocycles. The van der Waals surface area contributed by atoms with Crippen LogP contribution in [0.3, 0.4) is 0 Å². The number of fused-ring (bicyclic) bond motifs is 1. The molecule has 1 aromatic carbocycles. The van der Waals surface area contributed by atoms with E-state index in [1.54, 1.807) is 13.1 Å². The van der Waals surface area contributed by atoms with Crippen LogP contribution in [0, 0.1) is 5.82 Å². The fourth-order valence-electron chi connectivity index (χ4n) is 1.99. The van der Waals surface area contributed by atoms with Crippen molar-refractivity contribution in [2.75, 3.05) is 20.1 Å². The van der Waals surface area contributed by atoms with Crippen molar-refractivity contribution in [3.05, 3.63) is 29.6 Å². The van der Waals surface area contributed by atoms with Crippen LogP contribution >= 0.6 is 0 Å². The molecule has 4 nitrogen and oxygen atoms in total. The predicted octanol–water partition coefficient (Wildman–Crippen LogP) is 0.855. The quantitative estimate of drug-likeness (QED) is 0.764. The topological polar surface area (TPSA) is 50.4 Å². The summed E-state index contributed by atoms with van der Waals surface area (Å²) < 4.78 is 18.7. The Morgan fingerprint density at radius 3 is 3.17 bits per heavy atom. The lowest BCUT2D eigenvalue weighted by molar-refractivity contribution is -0.120. The summed E-state index contributed by atoms with van der Waals surface area (Å²) in [6.45, 7) is 1.28. The van der Waals surface area contributed by atoms with Crippen LogP contribution in [-0.2, 0) is 11.2 Å². The van der Waals surface area contributed by atoms with Gasteiger partial charge >= 0.3 is 0 Å². The van der Waals surface area contributed by atoms with Gasteiger partial charge in [-0.15, -0.1) is 0 Å². The molecule has 0 aromatic heterocycles. The molecule has 1 aromatic rings. The SMILES string of the molecule is CNC(=O)CCNCC1Cc2cc(F)ccc2O1. The van der Waals surface area contributed by atoms with Crippen LogP contribution in [0.2, 0.25) is 0 Å². The Bertz CT molecular complexity index is 437. The standard InChI is InChI=1S/C13H17FN2O2/c1-15-13(17)4-5-16-8-11-7-9-6-10(14)2-3-12(9)18-11/h2-3,6,11,16H,4-5,7-8H2,1H3,(H,15,17). The number of halogens is 1. The highest BCUT2D eigenvalue weighted by Crippen LogP contribution is 2.28. The second-order valence-corrected chi connectivity index (χ2v) is 4.32. The number of hydrogen-bond donors (Lipinski definition) is 2. The normalized spacial score (nSPS) is 17.1. The van der Waals surface area contributed by atoms with Crippen LogP contribution in [-0.4, -0.2) is 32.1 Å². The number of benzene rings is 1. The van der Waals surface area contributed by atoms with Gasteiger partial charge in [0.2, 0.25) is 5.91 Å². The van der Waals surface area contributed by atoms with Gasteiger partial charge < -0.3 is 15.4 Å². The number of rotatable bonds is 5. The maximum absolute atomic E-state index is 13.0. The van der Waals surface area contributed by atoms with Crippen LogP contribution in [0.1, 0.15) is 12.0 Å². The summed E-state index contributed by atoms with van der Waals surface area (Å²) >= 11 is 0. The molecule has 0 saturated heterocycles. The first-order valence-electron chi connectivity index (χ1n) is 6.05. The zero-order valence-electron chi connectivity index (χ0n) is 10.3. The molecule has 0 bridgehead atoms. The third kappa shape index (κ3) is 3.20. The van der Waals surface area contributed by atoms with Crippen molar-refractivity contribution in [2.24, 2.45) is 0 Å². The molecular weight excluding hydrogens is 235 g/mol. The number of hydrogen-bond acceptors (Lipinski definition) is 3. The van der Waals surface area contributed by atoms with E-state index in [0.29, 0.717) is 25.9 Å². The Morgan fingerprint density at radius 2 is 2.39 bits per heavy atom. The number of carbonyl (C=O) groups is 1. The van der Waals surface area contributed by atoms with Gasteiger partial charge in [-0.2, -0.15) is 0 Å². The summed E-state index contributed by atoms with van der Waals surface area (Å²) in [4.78, 5) is 11.0. The molecule has 0 saturated carbocycles. The summed E-state index contributed by atoms with van der Waals surface area (Å²) in [5.74, 6) is 0.542. The molecule has 1 unspecified atom stereocenters. The van der Waals surface area contributed by atoms with E-state index in [4.69, 9.17) is 4.74 Å². The monoisotopic (exact) mass is 252 g/mol. The first-order valence-corrected chi connectivity index (χ1v) is 6.05. The maximum atomic E-state index is 13.0. The smallest absolute Gasteiger partial charge is 0.221 e. The zero-order valence-corrected chi connectivity index (χ0v) is 10.3. The van der Waals surface area contributed by atoms with Crippen LogP contribution in [0.4, 0.5) is 4.39 Å². The van der Waals surface area contributed by atoms with Gasteiger partial charge in [-0.05, 0) is 18.2 Å². The Kier molecular flexibility index (Phi) is 4.15. The van der Waals surface area contributed by atoms with E-state index < -0.39 is 0 Å². The van der Waals surface area contributed by atoms with E-state index >= 15 is 0 Å². The average Bonchev–Trinajstić information content (AvgIpc) is 2.76. The molecule has 1 aliphatic rings. The predicted molar refractivity (Wildman–Crippen MR) is 66.1 cm³/mol. The van der Waals surface area contributed by atoms with Gasteiger partial charge in [0.15, 0.2) is 0 Å². The van der Waals surface area contributed by atoms with Crippen molar-refractivity contribution < 1.29 is 13.9 Å². The number of nitrogens with one attached hydrogen (secondary N) is 2. The molecule has 2 rings (SSSR count). The number of ether oxygens (including phenoxy) is 1. The highest BCUT2D eigenvalue weighted by molar-refractivity contribution is 5.75. The summed E-state index contributed by atoms with van der Waals surface area (Å²) in [6, 6.07) is 4.58. The van der Waals surface area contributed by atoms with Crippen LogP contribution in [0.5, 0.6) is 5.75 Å². The Labute approximate surface area is 106 Å². The fourth-order valence-corrected chi connectivity index (χ4v) is 1.99. The number of carbonyl (C=O) groups excluding carboxylic acids is 1. The highest BCUT2D eigenvalue weighted by atomic mass is 19.1. The molecule has 0 fully saturated rings. The van der Waals surface area contributed by atoms with Crippen LogP contribution < -0.4 is 15.4 Å². The van der Waals surface area contributed by atoms with Crippen molar-refractivity contribution in [3.63, 3.8) is 0 Å². The van der Waals surface area contributed by atoms with E-state index in [1.807, 2.05) is 0 Å². The van der Waals surface area contributed by atoms with E-state index in [0.717, 1.165) is 11.3 Å². The van der Waals surface area contributed by atoms with E-state index in [2.05, 4.69) is 10.6 Å². The molecular formula is C13H17FN2O2. The first kappa shape index (κ1) is 12.8. The van der Waals surface area contributed by atoms with Crippen LogP contribution in [0.25, 0.3) is 0 Å². The molecule has 2 N–H and O–H groups in total. The largest absolute Gasteiger partial charge is 0.488 e. The lowest BCUT2D eigenvalue weighted by atomic mass is 10.1. The molecule has 98 valence electrons. The molecule has 1 atom stereocenters. The van der Waals surface area contributed by atoms with Crippen molar-refractivity contribution in [2.45, 2.75) is 18.9 Å². The highest BCUT2D eigenvalue weighted by Gasteiger charge is 2.22. The minimum atomic E-state index is -0.231. The minimum Gasteiger partial charge on any atom is -0.488 e. The van der Waals surface area contributed by atoms with Crippen molar-refractivity contribution in [1.82, 2.24) is 10.6 Å². The maximum Gasteiger partial charge on any atom is 0.221 e. The Balaban J connectivity index is 1.73. The van der Waals surface area contributed by atoms with Gasteiger partial charge in [0.05, 0.1) is 0 Å². The second-order valence-electron chi connectivity index (χ2n) is 4.32. The Morgan fingerprint density at radius 1 is 1.56 bits per heavy atom. The average molecular weight is 252 g/mol. The molecule has 1 heterocycles. The summed E-state index contributed by atoms with van der Waals surface area (Å²) in [7, 11) is 1.62. The Hall–Kier alpha value is -1.62. The molecule has 1 amide bonds. The third-order valence-electron chi connectivity index (χ3n) is 2.94. The van der Waals surface area contributed by atoms with Gasteiger partial charge in [0.25, 0.3) is 0 Å². The molecule has 0 spiro atoms. The van der Waals surface area contributed by atoms with Gasteiger partial charge in [0, 0.05) is 38.5 Å². The van der Waals surface area contributed by atoms with Crippen LogP contribution in [0.15, 0.2) is 18.2 Å². The van der Waals surface area contributed by atoms with E-state index in [1.165, 1.54) is 12.1 Å². The summed E-state index contributed by atoms with van der Waals surface area (Å²) in [5.41, 5.74) is 0.910.